The Kier molecular flexibility index (Phi) is 18.5. The third-order valence-corrected chi connectivity index (χ3v) is 5.51. The molecule has 1 N–H and O–H groups in total. The van der Waals surface area contributed by atoms with Crippen LogP contribution in [0.5, 0.6) is 0 Å². The van der Waals surface area contributed by atoms with E-state index in [0.29, 0.717) is 12.8 Å². The molecule has 0 spiro atoms. The van der Waals surface area contributed by atoms with Gasteiger partial charge in [-0.3, -0.25) is 0 Å². The number of aliphatic hydroxyl groups is 1. The van der Waals surface area contributed by atoms with Gasteiger partial charge in [-0.1, -0.05) is 71.6 Å². The fraction of sp³-hybridized carbons (Fsp3) is 1.00. The van der Waals surface area contributed by atoms with Gasteiger partial charge in [-0.05, 0) is 25.7 Å². The molecule has 0 fully saturated rings. The first kappa shape index (κ1) is 26.1. The van der Waals surface area contributed by atoms with Crippen molar-refractivity contribution in [2.24, 2.45) is 0 Å². The molecule has 0 bridgehead atoms. The minimum atomic E-state index is -4.14. The Hall–Kier alpha value is 0.870. The fourth-order valence-electron chi connectivity index (χ4n) is 2.81. The van der Waals surface area contributed by atoms with Gasteiger partial charge in [-0.25, -0.2) is 8.42 Å². The van der Waals surface area contributed by atoms with Crippen LogP contribution in [0.1, 0.15) is 97.3 Å². The van der Waals surface area contributed by atoms with E-state index in [1.165, 1.54) is 19.3 Å². The maximum absolute atomic E-state index is 11.1. The van der Waals surface area contributed by atoms with Crippen molar-refractivity contribution in [2.45, 2.75) is 109 Å². The topological polar surface area (TPSA) is 77.4 Å². The normalized spacial score (nSPS) is 14.3. The molecule has 0 radical (unpaired) electrons. The molecule has 0 rings (SSSR count). The molecule has 0 aliphatic rings. The Morgan fingerprint density at radius 1 is 0.783 bits per heavy atom. The number of hydrogen-bond acceptors (Lipinski definition) is 4. The van der Waals surface area contributed by atoms with Crippen molar-refractivity contribution in [1.82, 2.24) is 0 Å². The predicted octanol–water partition coefficient (Wildman–Crippen LogP) is 1.38. The molecule has 0 aromatic heterocycles. The number of unbranched alkanes of at least 4 members (excludes halogenated alkanes) is 6. The van der Waals surface area contributed by atoms with Crippen molar-refractivity contribution in [1.29, 1.82) is 0 Å². The van der Waals surface area contributed by atoms with Crippen LogP contribution in [0.2, 0.25) is 0 Å². The van der Waals surface area contributed by atoms with E-state index in [9.17, 15) is 18.1 Å². The van der Waals surface area contributed by atoms with Gasteiger partial charge in [0.15, 0.2) is 0 Å². The molecule has 0 aromatic carbocycles. The largest absolute Gasteiger partial charge is 1.00 e. The van der Waals surface area contributed by atoms with Gasteiger partial charge in [0.1, 0.15) is 0 Å². The summed E-state index contributed by atoms with van der Waals surface area (Å²) in [6.45, 7) is 4.08. The minimum absolute atomic E-state index is 0. The average molecular weight is 359 g/mol. The Balaban J connectivity index is 0. The molecule has 0 saturated heterocycles. The van der Waals surface area contributed by atoms with Crippen molar-refractivity contribution in [2.75, 3.05) is 0 Å². The van der Waals surface area contributed by atoms with Gasteiger partial charge in [0.2, 0.25) is 0 Å². The summed E-state index contributed by atoms with van der Waals surface area (Å²) in [6, 6.07) is 0. The average Bonchev–Trinajstić information content (AvgIpc) is 2.45. The molecule has 0 aromatic rings. The van der Waals surface area contributed by atoms with Crippen LogP contribution in [0, 0.1) is 0 Å². The minimum Gasteiger partial charge on any atom is -0.748 e. The Labute approximate surface area is 165 Å². The fourth-order valence-corrected chi connectivity index (χ4v) is 3.79. The summed E-state index contributed by atoms with van der Waals surface area (Å²) >= 11 is 0. The summed E-state index contributed by atoms with van der Waals surface area (Å²) in [6.07, 6.45) is 11.7. The second-order valence-electron chi connectivity index (χ2n) is 6.40. The molecule has 0 aliphatic carbocycles. The Morgan fingerprint density at radius 2 is 1.26 bits per heavy atom. The van der Waals surface area contributed by atoms with Crippen LogP contribution < -0.4 is 29.6 Å². The second-order valence-corrected chi connectivity index (χ2v) is 8.05. The van der Waals surface area contributed by atoms with Crippen LogP contribution in [0.3, 0.4) is 0 Å². The zero-order valence-corrected chi connectivity index (χ0v) is 18.2. The Bertz CT molecular complexity index is 347. The zero-order chi connectivity index (χ0) is 16.8. The van der Waals surface area contributed by atoms with Crippen LogP contribution in [0.25, 0.3) is 0 Å². The van der Waals surface area contributed by atoms with Crippen molar-refractivity contribution >= 4 is 10.1 Å². The molecular weight excluding hydrogens is 323 g/mol. The summed E-state index contributed by atoms with van der Waals surface area (Å²) in [5.41, 5.74) is 0. The van der Waals surface area contributed by atoms with E-state index in [2.05, 4.69) is 6.92 Å². The molecule has 0 amide bonds. The first-order chi connectivity index (χ1) is 10.4. The number of hydrogen-bond donors (Lipinski definition) is 1. The molecule has 0 aliphatic heterocycles. The first-order valence-electron chi connectivity index (χ1n) is 9.04. The third-order valence-electron chi connectivity index (χ3n) is 4.22. The number of aliphatic hydroxyl groups excluding tert-OH is 1. The van der Waals surface area contributed by atoms with E-state index in [0.717, 1.165) is 51.4 Å². The standard InChI is InChI=1S/C17H36O4S.Na/c1-3-5-6-9-13-16(18)14-10-7-8-11-15-17(12-4-2)22(19,20)21;/h16-18H,3-15H2,1-2H3,(H,19,20,21);/q;+1/p-1. The summed E-state index contributed by atoms with van der Waals surface area (Å²) in [5.74, 6) is 0. The maximum atomic E-state index is 11.1. The first-order valence-corrected chi connectivity index (χ1v) is 10.5. The molecular formula is C17H35NaO4S. The molecule has 0 heterocycles. The predicted molar refractivity (Wildman–Crippen MR) is 90.9 cm³/mol. The Morgan fingerprint density at radius 3 is 1.70 bits per heavy atom. The van der Waals surface area contributed by atoms with E-state index >= 15 is 0 Å². The van der Waals surface area contributed by atoms with E-state index in [-0.39, 0.29) is 35.7 Å². The van der Waals surface area contributed by atoms with Crippen molar-refractivity contribution in [3.8, 4) is 0 Å². The van der Waals surface area contributed by atoms with Gasteiger partial charge in [0.05, 0.1) is 16.2 Å². The van der Waals surface area contributed by atoms with Crippen molar-refractivity contribution in [3.63, 3.8) is 0 Å². The van der Waals surface area contributed by atoms with Gasteiger partial charge >= 0.3 is 29.6 Å². The van der Waals surface area contributed by atoms with E-state index < -0.39 is 15.4 Å². The van der Waals surface area contributed by atoms with Gasteiger partial charge < -0.3 is 9.66 Å². The molecule has 6 heteroatoms. The molecule has 4 nitrogen and oxygen atoms in total. The second kappa shape index (κ2) is 16.3. The van der Waals surface area contributed by atoms with Gasteiger partial charge in [-0.2, -0.15) is 0 Å². The summed E-state index contributed by atoms with van der Waals surface area (Å²) < 4.78 is 33.3. The summed E-state index contributed by atoms with van der Waals surface area (Å²) in [4.78, 5) is 0. The summed E-state index contributed by atoms with van der Waals surface area (Å²) in [5, 5.41) is 9.14. The van der Waals surface area contributed by atoms with Gasteiger partial charge in [0.25, 0.3) is 0 Å². The quantitative estimate of drug-likeness (QED) is 0.272. The third kappa shape index (κ3) is 16.1. The monoisotopic (exact) mass is 358 g/mol. The zero-order valence-electron chi connectivity index (χ0n) is 15.4. The molecule has 2 unspecified atom stereocenters. The van der Waals surface area contributed by atoms with E-state index in [1.807, 2.05) is 6.92 Å². The SMILES string of the molecule is CCCCCCC(O)CCCCCCC(CCC)S(=O)(=O)[O-].[Na+]. The molecule has 23 heavy (non-hydrogen) atoms. The summed E-state index contributed by atoms with van der Waals surface area (Å²) in [7, 11) is -4.14. The van der Waals surface area contributed by atoms with Crippen molar-refractivity contribution in [3.05, 3.63) is 0 Å². The van der Waals surface area contributed by atoms with E-state index in [4.69, 9.17) is 0 Å². The smallest absolute Gasteiger partial charge is 0.748 e. The molecule has 134 valence electrons. The van der Waals surface area contributed by atoms with Crippen LogP contribution in [0.15, 0.2) is 0 Å². The molecule has 0 saturated carbocycles. The van der Waals surface area contributed by atoms with Gasteiger partial charge in [0, 0.05) is 5.25 Å². The molecule has 2 atom stereocenters. The number of rotatable bonds is 15. The van der Waals surface area contributed by atoms with Crippen molar-refractivity contribution < 1.29 is 47.6 Å². The van der Waals surface area contributed by atoms with Crippen LogP contribution in [-0.4, -0.2) is 29.4 Å². The van der Waals surface area contributed by atoms with Gasteiger partial charge in [-0.15, -0.1) is 0 Å². The van der Waals surface area contributed by atoms with Crippen LogP contribution in [-0.2, 0) is 10.1 Å². The van der Waals surface area contributed by atoms with Crippen LogP contribution in [0.4, 0.5) is 0 Å². The van der Waals surface area contributed by atoms with E-state index in [1.54, 1.807) is 0 Å². The maximum Gasteiger partial charge on any atom is 1.00 e. The van der Waals surface area contributed by atoms with Crippen LogP contribution >= 0.6 is 0 Å².